The molecule has 0 saturated carbocycles. The summed E-state index contributed by atoms with van der Waals surface area (Å²) in [6.45, 7) is 0. The van der Waals surface area contributed by atoms with Crippen LogP contribution in [0.2, 0.25) is 0 Å². The zero-order valence-corrected chi connectivity index (χ0v) is 42.1. The Hall–Kier alpha value is -10.9. The third-order valence-electron chi connectivity index (χ3n) is 9.92. The second-order valence-electron chi connectivity index (χ2n) is 15.2. The fraction of sp³-hybridized carbons (Fsp3) is 0. The number of furan rings is 1. The molecule has 8 aromatic heterocycles. The van der Waals surface area contributed by atoms with Crippen molar-refractivity contribution in [3.63, 3.8) is 0 Å². The van der Waals surface area contributed by atoms with Crippen LogP contribution < -0.4 is 0 Å². The molecule has 0 aliphatic carbocycles. The van der Waals surface area contributed by atoms with Gasteiger partial charge in [-0.2, -0.15) is 10.2 Å². The minimum atomic E-state index is 0.962. The van der Waals surface area contributed by atoms with Crippen LogP contribution in [0.25, 0.3) is 54.5 Å². The molecule has 13 heteroatoms. The molecule has 0 radical (unpaired) electrons. The number of aromatic nitrogens is 12. The largest absolute Gasteiger partial charge is 0.456 e. The molecule has 0 aliphatic heterocycles. The quantitative estimate of drug-likeness (QED) is 0.148. The summed E-state index contributed by atoms with van der Waals surface area (Å²) in [4.78, 5) is 35.5. The molecule has 15 rings (SSSR count). The van der Waals surface area contributed by atoms with Crippen molar-refractivity contribution in [1.29, 1.82) is 0 Å². The summed E-state index contributed by atoms with van der Waals surface area (Å²) < 4.78 is 5.65. The Morgan fingerprint density at radius 1 is 0.247 bits per heavy atom. The predicted molar refractivity (Wildman–Crippen MR) is 311 cm³/mol. The van der Waals surface area contributed by atoms with Gasteiger partial charge in [-0.05, 0) is 77.5 Å². The number of aromatic amines is 2. The van der Waals surface area contributed by atoms with Crippen molar-refractivity contribution >= 4 is 54.5 Å². The summed E-state index contributed by atoms with van der Waals surface area (Å²) in [7, 11) is 0. The Labute approximate surface area is 447 Å². The van der Waals surface area contributed by atoms with E-state index in [1.165, 1.54) is 68.7 Å². The minimum absolute atomic E-state index is 0.962. The van der Waals surface area contributed by atoms with Gasteiger partial charge in [0, 0.05) is 107 Å². The normalized spacial score (nSPS) is 9.30. The van der Waals surface area contributed by atoms with E-state index in [1.54, 1.807) is 68.0 Å². The van der Waals surface area contributed by atoms with Crippen LogP contribution in [0.5, 0.6) is 0 Å². The van der Waals surface area contributed by atoms with Crippen molar-refractivity contribution in [2.24, 2.45) is 0 Å². The van der Waals surface area contributed by atoms with Gasteiger partial charge in [0.15, 0.2) is 0 Å². The lowest BCUT2D eigenvalue weighted by molar-refractivity contribution is 0.669. The van der Waals surface area contributed by atoms with E-state index in [2.05, 4.69) is 169 Å². The zero-order chi connectivity index (χ0) is 53.1. The molecule has 2 N–H and O–H groups in total. The molecular weight excluding hydrogens is 953 g/mol. The molecule has 15 aromatic rings. The topological polar surface area (TPSA) is 174 Å². The predicted octanol–water partition coefficient (Wildman–Crippen LogP) is 14.8. The van der Waals surface area contributed by atoms with Crippen LogP contribution in [-0.4, -0.2) is 60.0 Å². The lowest BCUT2D eigenvalue weighted by Crippen LogP contribution is -1.73. The van der Waals surface area contributed by atoms with E-state index in [1.807, 2.05) is 128 Å². The van der Waals surface area contributed by atoms with Gasteiger partial charge in [-0.25, -0.2) is 24.9 Å². The maximum absolute atomic E-state index is 5.65. The first-order valence-electron chi connectivity index (χ1n) is 24.2. The highest BCUT2D eigenvalue weighted by molar-refractivity contribution is 6.07. The molecule has 8 heterocycles. The average molecular weight is 1010 g/mol. The molecule has 0 bridgehead atoms. The van der Waals surface area contributed by atoms with Crippen molar-refractivity contribution in [2.75, 3.05) is 0 Å². The Bertz CT molecular complexity index is 3020. The van der Waals surface area contributed by atoms with E-state index in [4.69, 9.17) is 4.42 Å². The second-order valence-corrected chi connectivity index (χ2v) is 15.2. The molecule has 378 valence electrons. The lowest BCUT2D eigenvalue weighted by atomic mass is 10.1. The van der Waals surface area contributed by atoms with Crippen LogP contribution in [0, 0.1) is 0 Å². The highest BCUT2D eigenvalue weighted by Crippen LogP contribution is 2.27. The SMILES string of the molecule is c1cc[nH]c1.c1ccc2c(c1)[nH]c1ccccc12.c1ccc2c(c1)oc1ccccc12.c1ccc2ccccc2c1.c1ccccc1.c1ccncc1.c1ccnnc1.c1cnccn1.c1cncnc1.c1ncncn1. The fourth-order valence-electron chi connectivity index (χ4n) is 6.55. The van der Waals surface area contributed by atoms with E-state index < -0.39 is 0 Å². The standard InChI is InChI=1S/C12H9N.C12H8O.C10H8.C6H6.C5H5N.3C4H4N2.C4H5N.C3H3N3/c2*1-3-7-11-9(5-1)10-6-2-4-8-12(10)13-11;1-2-6-10-8-4-3-7-9(10)5-1;2*1-2-4-6-5-3-1;1-2-6-4-3-5-1;1-2-5-4-6-3-1;1-2-4-6-5-3-1;1-2-4-5-3-1;1-4-2-6-3-5-1/h1-8,13H;1-8H;1-8H;1-6H;1-5H;3*1-4H;1-5H;1-3H. The number of fused-ring (bicyclic) bond motifs is 7. The Balaban J connectivity index is 0.000000142. The number of rotatable bonds is 0. The monoisotopic (exact) mass is 1010 g/mol. The summed E-state index contributed by atoms with van der Waals surface area (Å²) in [6, 6.07) is 76.7. The van der Waals surface area contributed by atoms with Crippen molar-refractivity contribution in [1.82, 2.24) is 60.0 Å². The molecule has 0 fully saturated rings. The van der Waals surface area contributed by atoms with Crippen LogP contribution in [0.1, 0.15) is 0 Å². The molecule has 0 saturated heterocycles. The third kappa shape index (κ3) is 22.2. The van der Waals surface area contributed by atoms with Gasteiger partial charge < -0.3 is 14.4 Å². The van der Waals surface area contributed by atoms with Gasteiger partial charge >= 0.3 is 0 Å². The summed E-state index contributed by atoms with van der Waals surface area (Å²) in [6.07, 6.45) is 26.3. The van der Waals surface area contributed by atoms with Gasteiger partial charge in [0.05, 0.1) is 0 Å². The van der Waals surface area contributed by atoms with E-state index >= 15 is 0 Å². The average Bonchev–Trinajstić information content (AvgIpc) is 4.35. The molecule has 0 unspecified atom stereocenters. The molecule has 0 aliphatic rings. The van der Waals surface area contributed by atoms with E-state index in [-0.39, 0.29) is 0 Å². The van der Waals surface area contributed by atoms with Gasteiger partial charge in [0.25, 0.3) is 0 Å². The van der Waals surface area contributed by atoms with Gasteiger partial charge in [-0.1, -0.05) is 164 Å². The van der Waals surface area contributed by atoms with E-state index in [0.717, 1.165) is 11.2 Å². The number of nitrogens with zero attached hydrogens (tertiary/aromatic N) is 10. The Morgan fingerprint density at radius 2 is 0.584 bits per heavy atom. The highest BCUT2D eigenvalue weighted by atomic mass is 16.3. The number of hydrogen-bond donors (Lipinski definition) is 2. The fourth-order valence-corrected chi connectivity index (χ4v) is 6.55. The van der Waals surface area contributed by atoms with Crippen molar-refractivity contribution in [3.05, 3.63) is 330 Å². The van der Waals surface area contributed by atoms with Crippen LogP contribution in [0.3, 0.4) is 0 Å². The number of para-hydroxylation sites is 4. The summed E-state index contributed by atoms with van der Waals surface area (Å²) in [5.41, 5.74) is 4.35. The molecule has 0 spiro atoms. The van der Waals surface area contributed by atoms with Crippen LogP contribution >= 0.6 is 0 Å². The first kappa shape index (κ1) is 55.4. The van der Waals surface area contributed by atoms with Crippen molar-refractivity contribution in [2.45, 2.75) is 0 Å². The molecular formula is C64H56N12O. The number of nitrogens with one attached hydrogen (secondary N) is 2. The smallest absolute Gasteiger partial charge is 0.135 e. The van der Waals surface area contributed by atoms with E-state index in [0.29, 0.717) is 0 Å². The Morgan fingerprint density at radius 3 is 0.883 bits per heavy atom. The highest BCUT2D eigenvalue weighted by Gasteiger charge is 2.03. The molecule has 13 nitrogen and oxygen atoms in total. The third-order valence-corrected chi connectivity index (χ3v) is 9.92. The maximum Gasteiger partial charge on any atom is 0.135 e. The van der Waals surface area contributed by atoms with Gasteiger partial charge in [0.1, 0.15) is 36.5 Å². The van der Waals surface area contributed by atoms with Crippen LogP contribution in [0.4, 0.5) is 0 Å². The van der Waals surface area contributed by atoms with E-state index in [9.17, 15) is 0 Å². The summed E-state index contributed by atoms with van der Waals surface area (Å²) >= 11 is 0. The number of pyridine rings is 1. The molecule has 7 aromatic carbocycles. The number of hydrogen-bond acceptors (Lipinski definition) is 11. The van der Waals surface area contributed by atoms with Crippen LogP contribution in [-0.2, 0) is 0 Å². The Kier molecular flexibility index (Phi) is 25.9. The summed E-state index contributed by atoms with van der Waals surface area (Å²) in [5, 5.41) is 14.7. The lowest BCUT2D eigenvalue weighted by Gasteiger charge is -1.92. The minimum Gasteiger partial charge on any atom is -0.456 e. The first-order valence-corrected chi connectivity index (χ1v) is 24.2. The maximum atomic E-state index is 5.65. The van der Waals surface area contributed by atoms with Crippen molar-refractivity contribution in [3.8, 4) is 0 Å². The van der Waals surface area contributed by atoms with Crippen LogP contribution in [0.15, 0.2) is 335 Å². The van der Waals surface area contributed by atoms with Crippen molar-refractivity contribution < 1.29 is 4.42 Å². The van der Waals surface area contributed by atoms with Gasteiger partial charge in [-0.3, -0.25) is 15.0 Å². The second kappa shape index (κ2) is 36.1. The van der Waals surface area contributed by atoms with Gasteiger partial charge in [0.2, 0.25) is 0 Å². The molecule has 77 heavy (non-hydrogen) atoms. The zero-order valence-electron chi connectivity index (χ0n) is 42.1. The molecule has 0 amide bonds. The number of H-pyrrole nitrogens is 2. The summed E-state index contributed by atoms with van der Waals surface area (Å²) in [5.74, 6) is 0. The molecule has 0 atom stereocenters. The van der Waals surface area contributed by atoms with Gasteiger partial charge in [-0.15, -0.1) is 0 Å². The first-order chi connectivity index (χ1) is 38.4. The number of benzene rings is 7.